The molecule has 0 saturated heterocycles. The van der Waals surface area contributed by atoms with E-state index in [9.17, 15) is 18.8 Å². The largest absolute Gasteiger partial charge is 0.462 e. The van der Waals surface area contributed by atoms with Gasteiger partial charge in [-0.2, -0.15) is 0 Å². The van der Waals surface area contributed by atoms with E-state index < -0.39 is 30.1 Å². The van der Waals surface area contributed by atoms with Crippen molar-refractivity contribution in [2.75, 3.05) is 13.2 Å². The van der Waals surface area contributed by atoms with Crippen molar-refractivity contribution in [1.82, 2.24) is 4.98 Å². The Hall–Kier alpha value is -2.96. The quantitative estimate of drug-likeness (QED) is 0.630. The van der Waals surface area contributed by atoms with Crippen LogP contribution < -0.4 is 0 Å². The molecule has 0 aliphatic rings. The normalized spacial score (nSPS) is 10.5. The molecule has 0 atom stereocenters. The second-order valence-electron chi connectivity index (χ2n) is 5.81. The first kappa shape index (κ1) is 19.4. The topological polar surface area (TPSA) is 85.5 Å². The number of hydrogen-bond acceptors (Lipinski definition) is 5. The van der Waals surface area contributed by atoms with E-state index >= 15 is 0 Å². The van der Waals surface area contributed by atoms with Crippen molar-refractivity contribution in [3.05, 3.63) is 57.7 Å². The number of halogens is 1. The summed E-state index contributed by atoms with van der Waals surface area (Å²) in [4.78, 5) is 39.1. The van der Waals surface area contributed by atoms with Crippen LogP contribution in [0.1, 0.15) is 54.9 Å². The molecule has 0 spiro atoms. The van der Waals surface area contributed by atoms with Gasteiger partial charge in [0.05, 0.1) is 23.4 Å². The third-order valence-electron chi connectivity index (χ3n) is 3.94. The zero-order valence-electron chi connectivity index (χ0n) is 15.1. The molecule has 1 heterocycles. The maximum absolute atomic E-state index is 13.5. The highest BCUT2D eigenvalue weighted by molar-refractivity contribution is 6.03. The molecule has 26 heavy (non-hydrogen) atoms. The molecule has 2 rings (SSSR count). The van der Waals surface area contributed by atoms with Crippen LogP contribution in [0, 0.1) is 26.6 Å². The van der Waals surface area contributed by atoms with Gasteiger partial charge in [0.25, 0.3) is 0 Å². The number of aromatic amines is 1. The fourth-order valence-corrected chi connectivity index (χ4v) is 2.54. The molecule has 0 fully saturated rings. The predicted octanol–water partition coefficient (Wildman–Crippen LogP) is 3.30. The summed E-state index contributed by atoms with van der Waals surface area (Å²) in [5, 5.41) is 0. The fraction of sp³-hybridized carbons (Fsp3) is 0.316. The van der Waals surface area contributed by atoms with E-state index in [1.807, 2.05) is 0 Å². The highest BCUT2D eigenvalue weighted by Gasteiger charge is 2.23. The van der Waals surface area contributed by atoms with Crippen molar-refractivity contribution in [2.24, 2.45) is 0 Å². The molecule has 0 aliphatic heterocycles. The van der Waals surface area contributed by atoms with E-state index in [4.69, 9.17) is 9.47 Å². The number of esters is 2. The van der Waals surface area contributed by atoms with Crippen molar-refractivity contribution in [3.63, 3.8) is 0 Å². The molecule has 6 nitrogen and oxygen atoms in total. The van der Waals surface area contributed by atoms with Crippen LogP contribution in [-0.4, -0.2) is 35.9 Å². The molecule has 138 valence electrons. The van der Waals surface area contributed by atoms with Crippen LogP contribution in [0.2, 0.25) is 0 Å². The zero-order chi connectivity index (χ0) is 19.4. The van der Waals surface area contributed by atoms with Gasteiger partial charge in [0.2, 0.25) is 5.78 Å². The number of Topliss-reactive ketones (excluding diaryl/α,β-unsaturated/α-hetero) is 1. The van der Waals surface area contributed by atoms with Gasteiger partial charge in [-0.3, -0.25) is 4.79 Å². The smallest absolute Gasteiger partial charge is 0.340 e. The van der Waals surface area contributed by atoms with Crippen molar-refractivity contribution in [3.8, 4) is 0 Å². The third kappa shape index (κ3) is 3.99. The minimum Gasteiger partial charge on any atom is -0.462 e. The summed E-state index contributed by atoms with van der Waals surface area (Å²) in [7, 11) is 0. The summed E-state index contributed by atoms with van der Waals surface area (Å²) in [5.41, 5.74) is 1.82. The standard InChI is InChI=1S/C19H20FNO5/c1-5-25-19(24)16-11(3)17(21-12(16)4)15(22)9-26-18(23)13-7-6-10(2)14(20)8-13/h6-8,21H,5,9H2,1-4H3. The van der Waals surface area contributed by atoms with Crippen LogP contribution in [0.3, 0.4) is 0 Å². The second-order valence-corrected chi connectivity index (χ2v) is 5.81. The molecule has 1 aromatic heterocycles. The number of nitrogens with one attached hydrogen (secondary N) is 1. The van der Waals surface area contributed by atoms with E-state index in [2.05, 4.69) is 4.98 Å². The Morgan fingerprint density at radius 3 is 2.38 bits per heavy atom. The van der Waals surface area contributed by atoms with Crippen LogP contribution in [0.4, 0.5) is 4.39 Å². The SMILES string of the molecule is CCOC(=O)c1c(C)[nH]c(C(=O)COC(=O)c2ccc(C)c(F)c2)c1C. The number of benzene rings is 1. The molecule has 7 heteroatoms. The lowest BCUT2D eigenvalue weighted by Crippen LogP contribution is -2.16. The van der Waals surface area contributed by atoms with E-state index in [0.717, 1.165) is 6.07 Å². The van der Waals surface area contributed by atoms with Gasteiger partial charge in [-0.1, -0.05) is 6.07 Å². The average molecular weight is 361 g/mol. The minimum absolute atomic E-state index is 0.0208. The number of ether oxygens (including phenoxy) is 2. The van der Waals surface area contributed by atoms with Crippen molar-refractivity contribution in [1.29, 1.82) is 0 Å². The summed E-state index contributed by atoms with van der Waals surface area (Å²) < 4.78 is 23.4. The van der Waals surface area contributed by atoms with Gasteiger partial charge >= 0.3 is 11.9 Å². The average Bonchev–Trinajstić information content (AvgIpc) is 2.89. The van der Waals surface area contributed by atoms with Gasteiger partial charge in [0.1, 0.15) is 5.82 Å². The lowest BCUT2D eigenvalue weighted by Gasteiger charge is -2.06. The van der Waals surface area contributed by atoms with Gasteiger partial charge in [-0.05, 0) is 51.0 Å². The highest BCUT2D eigenvalue weighted by Crippen LogP contribution is 2.20. The van der Waals surface area contributed by atoms with Crippen molar-refractivity contribution in [2.45, 2.75) is 27.7 Å². The van der Waals surface area contributed by atoms with Crippen LogP contribution in [-0.2, 0) is 9.47 Å². The van der Waals surface area contributed by atoms with Crippen LogP contribution in [0.25, 0.3) is 0 Å². The number of rotatable bonds is 6. The molecule has 0 amide bonds. The van der Waals surface area contributed by atoms with Gasteiger partial charge < -0.3 is 14.5 Å². The van der Waals surface area contributed by atoms with Crippen LogP contribution in [0.5, 0.6) is 0 Å². The molecular weight excluding hydrogens is 341 g/mol. The first-order valence-corrected chi connectivity index (χ1v) is 8.09. The molecule has 1 N–H and O–H groups in total. The summed E-state index contributed by atoms with van der Waals surface area (Å²) >= 11 is 0. The monoisotopic (exact) mass is 361 g/mol. The number of ketones is 1. The Bertz CT molecular complexity index is 869. The molecule has 0 aliphatic carbocycles. The van der Waals surface area contributed by atoms with Crippen molar-refractivity contribution < 1.29 is 28.2 Å². The lowest BCUT2D eigenvalue weighted by atomic mass is 10.1. The highest BCUT2D eigenvalue weighted by atomic mass is 19.1. The van der Waals surface area contributed by atoms with Gasteiger partial charge in [0.15, 0.2) is 6.61 Å². The molecular formula is C19H20FNO5. The van der Waals surface area contributed by atoms with Crippen LogP contribution in [0.15, 0.2) is 18.2 Å². The van der Waals surface area contributed by atoms with E-state index in [0.29, 0.717) is 22.4 Å². The Kier molecular flexibility index (Phi) is 5.92. The van der Waals surface area contributed by atoms with Gasteiger partial charge in [-0.15, -0.1) is 0 Å². The summed E-state index contributed by atoms with van der Waals surface area (Å²) in [5.74, 6) is -2.35. The first-order valence-electron chi connectivity index (χ1n) is 8.09. The second kappa shape index (κ2) is 7.95. The predicted molar refractivity (Wildman–Crippen MR) is 92.0 cm³/mol. The summed E-state index contributed by atoms with van der Waals surface area (Å²) in [6.07, 6.45) is 0. The van der Waals surface area contributed by atoms with E-state index in [1.165, 1.54) is 12.1 Å². The molecule has 2 aromatic rings. The Morgan fingerprint density at radius 1 is 1.08 bits per heavy atom. The number of aromatic nitrogens is 1. The number of carbonyl (C=O) groups excluding carboxylic acids is 3. The number of carbonyl (C=O) groups is 3. The fourth-order valence-electron chi connectivity index (χ4n) is 2.54. The molecule has 0 saturated carbocycles. The molecule has 0 unspecified atom stereocenters. The van der Waals surface area contributed by atoms with Crippen LogP contribution >= 0.6 is 0 Å². The Morgan fingerprint density at radius 2 is 1.77 bits per heavy atom. The maximum atomic E-state index is 13.5. The zero-order valence-corrected chi connectivity index (χ0v) is 15.1. The summed E-state index contributed by atoms with van der Waals surface area (Å²) in [6, 6.07) is 3.94. The van der Waals surface area contributed by atoms with Crippen molar-refractivity contribution >= 4 is 17.7 Å². The first-order chi connectivity index (χ1) is 12.3. The third-order valence-corrected chi connectivity index (χ3v) is 3.94. The number of aryl methyl sites for hydroxylation is 2. The van der Waals surface area contributed by atoms with Gasteiger partial charge in [-0.25, -0.2) is 14.0 Å². The Labute approximate surface area is 150 Å². The molecule has 0 bridgehead atoms. The lowest BCUT2D eigenvalue weighted by molar-refractivity contribution is 0.0471. The minimum atomic E-state index is -0.802. The van der Waals surface area contributed by atoms with E-state index in [-0.39, 0.29) is 17.9 Å². The number of hydrogen-bond donors (Lipinski definition) is 1. The van der Waals surface area contributed by atoms with E-state index in [1.54, 1.807) is 27.7 Å². The maximum Gasteiger partial charge on any atom is 0.340 e. The Balaban J connectivity index is 2.10. The molecule has 1 aromatic carbocycles. The number of H-pyrrole nitrogens is 1. The van der Waals surface area contributed by atoms with Gasteiger partial charge in [0, 0.05) is 5.69 Å². The summed E-state index contributed by atoms with van der Waals surface area (Å²) in [6.45, 7) is 6.21. The molecule has 0 radical (unpaired) electrons.